The van der Waals surface area contributed by atoms with Crippen molar-refractivity contribution in [2.24, 2.45) is 0 Å². The smallest absolute Gasteiger partial charge is 0.326 e. The molecule has 0 aliphatic carbocycles. The van der Waals surface area contributed by atoms with Gasteiger partial charge in [-0.05, 0) is 55.3 Å². The summed E-state index contributed by atoms with van der Waals surface area (Å²) in [5.41, 5.74) is 4.43. The molecule has 6 nitrogen and oxygen atoms in total. The molecule has 0 radical (unpaired) electrons. The Morgan fingerprint density at radius 3 is 2.64 bits per heavy atom. The van der Waals surface area contributed by atoms with Crippen molar-refractivity contribution in [1.82, 2.24) is 15.5 Å². The lowest BCUT2D eigenvalue weighted by atomic mass is 9.94. The van der Waals surface area contributed by atoms with Crippen LogP contribution in [0.2, 0.25) is 0 Å². The Labute approximate surface area is 200 Å². The van der Waals surface area contributed by atoms with Crippen molar-refractivity contribution in [3.8, 4) is 10.7 Å². The lowest BCUT2D eigenvalue weighted by molar-refractivity contribution is 0.244. The molecule has 33 heavy (non-hydrogen) atoms. The van der Waals surface area contributed by atoms with E-state index in [9.17, 15) is 4.79 Å². The summed E-state index contributed by atoms with van der Waals surface area (Å²) >= 11 is 3.19. The van der Waals surface area contributed by atoms with Crippen LogP contribution in [0, 0.1) is 6.92 Å². The number of aryl methyl sites for hydroxylation is 1. The first-order chi connectivity index (χ1) is 16.0. The van der Waals surface area contributed by atoms with Crippen LogP contribution in [0.3, 0.4) is 0 Å². The number of anilines is 1. The van der Waals surface area contributed by atoms with Crippen molar-refractivity contribution in [2.75, 3.05) is 11.2 Å². The average molecular weight is 475 g/mol. The standard InChI is InChI=1S/C25H22N4O2S2/c1-15-9-11-17(12-10-15)22-21(24-27-23(28-31-24)20-8-5-13-33-20)16(2)29(25(30)26-22)18-6-4-7-19(14-18)32-3/h4-14,22H,1-3H3,(H,26,30). The van der Waals surface area contributed by atoms with Crippen LogP contribution < -0.4 is 10.2 Å². The number of urea groups is 1. The van der Waals surface area contributed by atoms with Crippen molar-refractivity contribution in [2.45, 2.75) is 24.8 Å². The van der Waals surface area contributed by atoms with Gasteiger partial charge in [0.05, 0.1) is 22.2 Å². The van der Waals surface area contributed by atoms with E-state index in [0.29, 0.717) is 11.7 Å². The van der Waals surface area contributed by atoms with Crippen molar-refractivity contribution < 1.29 is 9.32 Å². The number of aromatic nitrogens is 2. The second kappa shape index (κ2) is 8.88. The van der Waals surface area contributed by atoms with E-state index >= 15 is 0 Å². The zero-order valence-corrected chi connectivity index (χ0v) is 20.0. The van der Waals surface area contributed by atoms with Gasteiger partial charge in [-0.15, -0.1) is 23.1 Å². The molecule has 1 aliphatic rings. The van der Waals surface area contributed by atoms with Crippen molar-refractivity contribution in [1.29, 1.82) is 0 Å². The van der Waals surface area contributed by atoms with Gasteiger partial charge in [0.15, 0.2) is 0 Å². The maximum absolute atomic E-state index is 13.3. The van der Waals surface area contributed by atoms with E-state index in [0.717, 1.165) is 37.9 Å². The van der Waals surface area contributed by atoms with Gasteiger partial charge in [-0.1, -0.05) is 47.1 Å². The quantitative estimate of drug-likeness (QED) is 0.333. The van der Waals surface area contributed by atoms with Crippen LogP contribution in [-0.2, 0) is 0 Å². The predicted molar refractivity (Wildman–Crippen MR) is 133 cm³/mol. The minimum absolute atomic E-state index is 0.196. The highest BCUT2D eigenvalue weighted by Crippen LogP contribution is 2.39. The molecule has 166 valence electrons. The van der Waals surface area contributed by atoms with Crippen molar-refractivity contribution in [3.63, 3.8) is 0 Å². The fourth-order valence-electron chi connectivity index (χ4n) is 3.93. The predicted octanol–water partition coefficient (Wildman–Crippen LogP) is 6.53. The highest BCUT2D eigenvalue weighted by molar-refractivity contribution is 7.98. The Hall–Kier alpha value is -3.36. The molecule has 0 fully saturated rings. The number of nitrogens with one attached hydrogen (secondary N) is 1. The Kier molecular flexibility index (Phi) is 5.78. The van der Waals surface area contributed by atoms with Gasteiger partial charge >= 0.3 is 6.03 Å². The molecular formula is C25H22N4O2S2. The summed E-state index contributed by atoms with van der Waals surface area (Å²) in [5.74, 6) is 0.934. The number of benzene rings is 2. The number of carbonyl (C=O) groups excluding carboxylic acids is 1. The maximum Gasteiger partial charge on any atom is 0.326 e. The first-order valence-corrected chi connectivity index (χ1v) is 12.6. The van der Waals surface area contributed by atoms with Crippen LogP contribution in [-0.4, -0.2) is 22.4 Å². The summed E-state index contributed by atoms with van der Waals surface area (Å²) < 4.78 is 5.74. The van der Waals surface area contributed by atoms with E-state index in [-0.39, 0.29) is 6.03 Å². The average Bonchev–Trinajstić information content (AvgIpc) is 3.52. The van der Waals surface area contributed by atoms with Gasteiger partial charge in [0.25, 0.3) is 5.89 Å². The molecule has 5 rings (SSSR count). The van der Waals surface area contributed by atoms with Crippen LogP contribution in [0.5, 0.6) is 0 Å². The molecule has 1 aliphatic heterocycles. The van der Waals surface area contributed by atoms with Gasteiger partial charge in [0, 0.05) is 10.6 Å². The van der Waals surface area contributed by atoms with E-state index < -0.39 is 6.04 Å². The molecule has 1 unspecified atom stereocenters. The van der Waals surface area contributed by atoms with E-state index in [1.807, 2.05) is 86.1 Å². The fourth-order valence-corrected chi connectivity index (χ4v) is 5.03. The van der Waals surface area contributed by atoms with Crippen LogP contribution in [0.15, 0.2) is 81.2 Å². The summed E-state index contributed by atoms with van der Waals surface area (Å²) in [4.78, 5) is 21.7. The van der Waals surface area contributed by atoms with E-state index in [1.165, 1.54) is 0 Å². The largest absolute Gasteiger partial charge is 0.334 e. The maximum atomic E-state index is 13.3. The minimum Gasteiger partial charge on any atom is -0.334 e. The lowest BCUT2D eigenvalue weighted by Crippen LogP contribution is -2.46. The Morgan fingerprint density at radius 2 is 1.91 bits per heavy atom. The molecule has 0 saturated heterocycles. The summed E-state index contributed by atoms with van der Waals surface area (Å²) in [7, 11) is 0. The third-order valence-electron chi connectivity index (χ3n) is 5.60. The number of allylic oxidation sites excluding steroid dienone is 1. The van der Waals surface area contributed by atoms with Crippen molar-refractivity contribution in [3.05, 3.63) is 88.8 Å². The number of hydrogen-bond acceptors (Lipinski definition) is 6. The van der Waals surface area contributed by atoms with Crippen molar-refractivity contribution >= 4 is 40.4 Å². The van der Waals surface area contributed by atoms with Gasteiger partial charge in [-0.3, -0.25) is 4.90 Å². The second-order valence-corrected chi connectivity index (χ2v) is 9.56. The highest BCUT2D eigenvalue weighted by Gasteiger charge is 2.36. The van der Waals surface area contributed by atoms with E-state index in [1.54, 1.807) is 28.0 Å². The topological polar surface area (TPSA) is 71.3 Å². The zero-order chi connectivity index (χ0) is 22.9. The van der Waals surface area contributed by atoms with Crippen LogP contribution in [0.1, 0.15) is 30.0 Å². The molecule has 4 aromatic rings. The summed E-state index contributed by atoms with van der Waals surface area (Å²) in [5, 5.41) is 9.35. The van der Waals surface area contributed by atoms with Crippen LogP contribution >= 0.6 is 23.1 Å². The first-order valence-electron chi connectivity index (χ1n) is 10.4. The molecule has 1 atom stereocenters. The van der Waals surface area contributed by atoms with Gasteiger partial charge in [0.2, 0.25) is 5.82 Å². The molecule has 1 N–H and O–H groups in total. The van der Waals surface area contributed by atoms with Crippen LogP contribution in [0.4, 0.5) is 10.5 Å². The van der Waals surface area contributed by atoms with Gasteiger partial charge in [0.1, 0.15) is 0 Å². The molecule has 2 aromatic carbocycles. The van der Waals surface area contributed by atoms with Gasteiger partial charge in [-0.2, -0.15) is 4.98 Å². The lowest BCUT2D eigenvalue weighted by Gasteiger charge is -2.35. The Balaban J connectivity index is 1.66. The number of thiophene rings is 1. The summed E-state index contributed by atoms with van der Waals surface area (Å²) in [6.45, 7) is 3.97. The number of nitrogens with zero attached hydrogens (tertiary/aromatic N) is 3. The highest BCUT2D eigenvalue weighted by atomic mass is 32.2. The number of amides is 2. The number of carbonyl (C=O) groups is 1. The SMILES string of the molecule is CSc1cccc(N2C(=O)NC(c3ccc(C)cc3)C(c3nc(-c4cccs4)no3)=C2C)c1. The molecule has 3 heterocycles. The molecule has 2 aromatic heterocycles. The Bertz CT molecular complexity index is 1330. The molecule has 0 saturated carbocycles. The molecular weight excluding hydrogens is 452 g/mol. The number of thioether (sulfide) groups is 1. The molecule has 8 heteroatoms. The first kappa shape index (κ1) is 21.5. The number of rotatable bonds is 5. The van der Waals surface area contributed by atoms with Gasteiger partial charge < -0.3 is 9.84 Å². The van der Waals surface area contributed by atoms with E-state index in [4.69, 9.17) is 9.51 Å². The van der Waals surface area contributed by atoms with E-state index in [2.05, 4.69) is 10.5 Å². The number of hydrogen-bond donors (Lipinski definition) is 1. The van der Waals surface area contributed by atoms with Gasteiger partial charge in [-0.25, -0.2) is 4.79 Å². The third kappa shape index (κ3) is 4.07. The normalized spacial score (nSPS) is 16.3. The fraction of sp³-hybridized carbons (Fsp3) is 0.160. The minimum atomic E-state index is -0.408. The van der Waals surface area contributed by atoms with Crippen LogP contribution in [0.25, 0.3) is 16.3 Å². The molecule has 0 bridgehead atoms. The monoisotopic (exact) mass is 474 g/mol. The second-order valence-electron chi connectivity index (χ2n) is 7.73. The third-order valence-corrected chi connectivity index (χ3v) is 7.20. The summed E-state index contributed by atoms with van der Waals surface area (Å²) in [6.07, 6.45) is 2.02. The molecule has 2 amide bonds. The summed E-state index contributed by atoms with van der Waals surface area (Å²) in [6, 6.07) is 19.3. The molecule has 0 spiro atoms. The zero-order valence-electron chi connectivity index (χ0n) is 18.4. The Morgan fingerprint density at radius 1 is 1.09 bits per heavy atom.